The first-order chi connectivity index (χ1) is 13.3. The van der Waals surface area contributed by atoms with Crippen LogP contribution in [0.2, 0.25) is 0 Å². The molecule has 8 heteroatoms. The van der Waals surface area contributed by atoms with Gasteiger partial charge in [-0.2, -0.15) is 0 Å². The molecule has 0 saturated heterocycles. The summed E-state index contributed by atoms with van der Waals surface area (Å²) in [6.07, 6.45) is 2.25. The Balaban J connectivity index is 0.000000345. The van der Waals surface area contributed by atoms with Crippen molar-refractivity contribution in [2.45, 2.75) is 36.2 Å². The fraction of sp³-hybridized carbons (Fsp3) is 0.200. The van der Waals surface area contributed by atoms with Crippen LogP contribution in [0.3, 0.4) is 0 Å². The van der Waals surface area contributed by atoms with Crippen LogP contribution >= 0.6 is 15.9 Å². The highest BCUT2D eigenvalue weighted by Gasteiger charge is 2.18. The van der Waals surface area contributed by atoms with Crippen molar-refractivity contribution in [3.8, 4) is 5.75 Å². The van der Waals surface area contributed by atoms with Crippen molar-refractivity contribution in [3.05, 3.63) is 59.3 Å². The van der Waals surface area contributed by atoms with Crippen LogP contribution < -0.4 is 0 Å². The van der Waals surface area contributed by atoms with Gasteiger partial charge in [-0.05, 0) is 53.5 Å². The maximum atomic E-state index is 12.6. The molecule has 0 aliphatic heterocycles. The summed E-state index contributed by atoms with van der Waals surface area (Å²) in [6, 6.07) is 12.8. The minimum atomic E-state index is -3.61. The molecule has 28 heavy (non-hydrogen) atoms. The highest BCUT2D eigenvalue weighted by atomic mass is 79.9. The maximum absolute atomic E-state index is 12.6. The first-order valence-corrected chi connectivity index (χ1v) is 10.7. The largest absolute Gasteiger partial charge is 0.506 e. The van der Waals surface area contributed by atoms with Crippen molar-refractivity contribution in [1.82, 2.24) is 4.98 Å². The summed E-state index contributed by atoms with van der Waals surface area (Å²) in [5.41, 5.74) is 0. The van der Waals surface area contributed by atoms with E-state index in [4.69, 9.17) is 0 Å². The van der Waals surface area contributed by atoms with Crippen LogP contribution in [0.1, 0.15) is 20.3 Å². The number of sulfone groups is 1. The topological polar surface area (TPSA) is 93.6 Å². The van der Waals surface area contributed by atoms with E-state index in [0.717, 1.165) is 6.42 Å². The number of aromatic nitrogens is 1. The van der Waals surface area contributed by atoms with Gasteiger partial charge in [-0.1, -0.05) is 31.2 Å². The number of nitrogens with zero attached hydrogens (tertiary/aromatic N) is 1. The predicted octanol–water partition coefficient (Wildman–Crippen LogP) is 4.49. The van der Waals surface area contributed by atoms with Gasteiger partial charge in [0.25, 0.3) is 6.47 Å². The molecule has 0 saturated carbocycles. The van der Waals surface area contributed by atoms with Crippen LogP contribution in [0.15, 0.2) is 69.1 Å². The lowest BCUT2D eigenvalue weighted by molar-refractivity contribution is -0.132. The summed E-state index contributed by atoms with van der Waals surface area (Å²) >= 11 is 3.28. The zero-order valence-corrected chi connectivity index (χ0v) is 17.8. The van der Waals surface area contributed by atoms with Gasteiger partial charge in [0.15, 0.2) is 0 Å². The third kappa shape index (κ3) is 5.08. The highest BCUT2D eigenvalue weighted by molar-refractivity contribution is 9.10. The molecule has 2 aromatic carbocycles. The molecular formula is C20H20BrNO5S. The molecule has 1 unspecified atom stereocenters. The van der Waals surface area contributed by atoms with E-state index < -0.39 is 9.84 Å². The van der Waals surface area contributed by atoms with Gasteiger partial charge in [-0.25, -0.2) is 13.4 Å². The number of hydrogen-bond acceptors (Lipinski definition) is 6. The van der Waals surface area contributed by atoms with Crippen LogP contribution in [0.4, 0.5) is 0 Å². The molecule has 0 fully saturated rings. The third-order valence-electron chi connectivity index (χ3n) is 4.02. The number of pyridine rings is 1. The average Bonchev–Trinajstić information content (AvgIpc) is 2.72. The Morgan fingerprint density at radius 1 is 1.14 bits per heavy atom. The van der Waals surface area contributed by atoms with E-state index in [1.165, 1.54) is 18.3 Å². The number of halogens is 1. The molecule has 0 spiro atoms. The zero-order chi connectivity index (χ0) is 20.7. The van der Waals surface area contributed by atoms with Crippen molar-refractivity contribution in [2.24, 2.45) is 0 Å². The van der Waals surface area contributed by atoms with Crippen molar-refractivity contribution >= 4 is 43.0 Å². The lowest BCUT2D eigenvalue weighted by Crippen LogP contribution is -2.03. The van der Waals surface area contributed by atoms with Crippen LogP contribution in [0, 0.1) is 0 Å². The third-order valence-corrected chi connectivity index (χ3v) is 6.42. The van der Waals surface area contributed by atoms with Gasteiger partial charge in [0.05, 0.1) is 22.1 Å². The van der Waals surface area contributed by atoms with Crippen LogP contribution in [0.5, 0.6) is 5.75 Å². The Morgan fingerprint density at radius 3 is 2.39 bits per heavy atom. The van der Waals surface area contributed by atoms with E-state index in [0.29, 0.717) is 21.8 Å². The molecule has 1 aromatic heterocycles. The molecule has 0 bridgehead atoms. The average molecular weight is 466 g/mol. The molecule has 0 aliphatic rings. The molecular weight excluding hydrogens is 446 g/mol. The Labute approximate surface area is 172 Å². The molecule has 0 aliphatic carbocycles. The lowest BCUT2D eigenvalue weighted by Gasteiger charge is -2.07. The Morgan fingerprint density at radius 2 is 1.82 bits per heavy atom. The van der Waals surface area contributed by atoms with Crippen molar-refractivity contribution in [2.75, 3.05) is 0 Å². The van der Waals surface area contributed by atoms with Gasteiger partial charge in [-0.3, -0.25) is 4.79 Å². The summed E-state index contributed by atoms with van der Waals surface area (Å²) in [5, 5.41) is 11.0. The van der Waals surface area contributed by atoms with Crippen molar-refractivity contribution in [3.63, 3.8) is 0 Å². The zero-order valence-electron chi connectivity index (χ0n) is 15.4. The first kappa shape index (κ1) is 21.8. The monoisotopic (exact) mass is 465 g/mol. The fourth-order valence-electron chi connectivity index (χ4n) is 2.27. The molecule has 1 N–H and O–H groups in total. The second-order valence-electron chi connectivity index (χ2n) is 5.91. The van der Waals surface area contributed by atoms with Crippen LogP contribution in [-0.4, -0.2) is 31.1 Å². The quantitative estimate of drug-likeness (QED) is 0.440. The SMILES string of the molecule is CCC(C)OC=O.O=S(=O)(c1ccccc1)c1ccc2c(Br)ncc(O)c2c1. The van der Waals surface area contributed by atoms with Crippen LogP contribution in [-0.2, 0) is 19.4 Å². The Bertz CT molecular complexity index is 1050. The number of fused-ring (bicyclic) bond motifs is 1. The number of aromatic hydroxyl groups is 1. The molecule has 6 nitrogen and oxygen atoms in total. The first-order valence-electron chi connectivity index (χ1n) is 8.47. The lowest BCUT2D eigenvalue weighted by atomic mass is 10.2. The molecule has 148 valence electrons. The number of ether oxygens (including phenoxy) is 1. The minimum Gasteiger partial charge on any atom is -0.506 e. The number of carbonyl (C=O) groups excluding carboxylic acids is 1. The van der Waals surface area contributed by atoms with E-state index in [1.807, 2.05) is 13.8 Å². The summed E-state index contributed by atoms with van der Waals surface area (Å²) in [5.74, 6) is -0.0571. The smallest absolute Gasteiger partial charge is 0.293 e. The molecule has 0 radical (unpaired) electrons. The highest BCUT2D eigenvalue weighted by Crippen LogP contribution is 2.32. The number of rotatable bonds is 5. The second-order valence-corrected chi connectivity index (χ2v) is 8.61. The molecule has 3 rings (SSSR count). The fourth-order valence-corrected chi connectivity index (χ4v) is 4.02. The Kier molecular flexibility index (Phi) is 7.53. The summed E-state index contributed by atoms with van der Waals surface area (Å²) in [4.78, 5) is 13.9. The van der Waals surface area contributed by atoms with E-state index in [1.54, 1.807) is 36.4 Å². The summed E-state index contributed by atoms with van der Waals surface area (Å²) in [6.45, 7) is 4.30. The van der Waals surface area contributed by atoms with Gasteiger partial charge < -0.3 is 9.84 Å². The number of hydrogen-bond donors (Lipinski definition) is 1. The van der Waals surface area contributed by atoms with Gasteiger partial charge in [0, 0.05) is 10.8 Å². The van der Waals surface area contributed by atoms with E-state index >= 15 is 0 Å². The van der Waals surface area contributed by atoms with E-state index in [2.05, 4.69) is 25.7 Å². The molecule has 0 amide bonds. The standard InChI is InChI=1S/C15H10BrNO3S.C5H10O2/c16-15-12-7-6-11(8-13(12)14(18)9-17-15)21(19,20)10-4-2-1-3-5-10;1-3-5(2)7-4-6/h1-9,18H;4-5H,3H2,1-2H3. The maximum Gasteiger partial charge on any atom is 0.293 e. The van der Waals surface area contributed by atoms with Crippen LogP contribution in [0.25, 0.3) is 10.8 Å². The second kappa shape index (κ2) is 9.66. The van der Waals surface area contributed by atoms with Crippen molar-refractivity contribution < 1.29 is 23.1 Å². The molecule has 1 heterocycles. The van der Waals surface area contributed by atoms with Gasteiger partial charge in [-0.15, -0.1) is 0 Å². The van der Waals surface area contributed by atoms with E-state index in [9.17, 15) is 18.3 Å². The predicted molar refractivity (Wildman–Crippen MR) is 110 cm³/mol. The number of carbonyl (C=O) groups is 1. The van der Waals surface area contributed by atoms with E-state index in [-0.39, 0.29) is 21.6 Å². The van der Waals surface area contributed by atoms with Gasteiger partial charge >= 0.3 is 0 Å². The minimum absolute atomic E-state index is 0.0571. The molecule has 3 aromatic rings. The Hall–Kier alpha value is -2.45. The van der Waals surface area contributed by atoms with Gasteiger partial charge in [0.2, 0.25) is 9.84 Å². The summed E-state index contributed by atoms with van der Waals surface area (Å²) in [7, 11) is -3.61. The normalized spacial score (nSPS) is 12.0. The summed E-state index contributed by atoms with van der Waals surface area (Å²) < 4.78 is 30.2. The number of benzene rings is 2. The van der Waals surface area contributed by atoms with Gasteiger partial charge in [0.1, 0.15) is 10.4 Å². The molecule has 1 atom stereocenters. The van der Waals surface area contributed by atoms with Crippen molar-refractivity contribution in [1.29, 1.82) is 0 Å².